The van der Waals surface area contributed by atoms with Crippen LogP contribution in [0.5, 0.6) is 0 Å². The van der Waals surface area contributed by atoms with Gasteiger partial charge in [-0.05, 0) is 35.8 Å². The number of ether oxygens (including phenoxy) is 1. The standard InChI is InChI=1S/C10H12BrNO2S/c1-10(2,9(13)14-3)15-8-4-5-12-6-7(8)11/h4-6H,1-3H3. The molecule has 0 aliphatic heterocycles. The number of hydrogen-bond acceptors (Lipinski definition) is 4. The summed E-state index contributed by atoms with van der Waals surface area (Å²) in [6, 6.07) is 1.86. The second kappa shape index (κ2) is 4.99. The van der Waals surface area contributed by atoms with E-state index in [9.17, 15) is 4.79 Å². The Bertz CT molecular complexity index is 368. The summed E-state index contributed by atoms with van der Waals surface area (Å²) in [6.07, 6.45) is 3.40. The second-order valence-electron chi connectivity index (χ2n) is 3.41. The Morgan fingerprint density at radius 3 is 2.80 bits per heavy atom. The zero-order valence-electron chi connectivity index (χ0n) is 8.78. The Morgan fingerprint density at radius 1 is 1.60 bits per heavy atom. The maximum atomic E-state index is 11.5. The van der Waals surface area contributed by atoms with Gasteiger partial charge in [0, 0.05) is 21.8 Å². The first-order valence-corrected chi connectivity index (χ1v) is 5.95. The summed E-state index contributed by atoms with van der Waals surface area (Å²) < 4.78 is 5.02. The summed E-state index contributed by atoms with van der Waals surface area (Å²) in [7, 11) is 1.40. The van der Waals surface area contributed by atoms with Crippen LogP contribution in [0.4, 0.5) is 0 Å². The Morgan fingerprint density at radius 2 is 2.27 bits per heavy atom. The average molecular weight is 290 g/mol. The maximum Gasteiger partial charge on any atom is 0.321 e. The van der Waals surface area contributed by atoms with E-state index >= 15 is 0 Å². The molecule has 82 valence electrons. The van der Waals surface area contributed by atoms with Gasteiger partial charge in [-0.1, -0.05) is 0 Å². The Labute approximate surface area is 102 Å². The highest BCUT2D eigenvalue weighted by Crippen LogP contribution is 2.36. The third-order valence-corrected chi connectivity index (χ3v) is 3.92. The zero-order chi connectivity index (χ0) is 11.5. The highest BCUT2D eigenvalue weighted by atomic mass is 79.9. The lowest BCUT2D eigenvalue weighted by Gasteiger charge is -2.21. The van der Waals surface area contributed by atoms with Gasteiger partial charge >= 0.3 is 5.97 Å². The molecule has 0 amide bonds. The van der Waals surface area contributed by atoms with Crippen LogP contribution in [0.2, 0.25) is 0 Å². The van der Waals surface area contributed by atoms with Crippen LogP contribution in [-0.4, -0.2) is 22.8 Å². The van der Waals surface area contributed by atoms with Crippen LogP contribution in [0.25, 0.3) is 0 Å². The van der Waals surface area contributed by atoms with Crippen LogP contribution in [0.15, 0.2) is 27.8 Å². The Balaban J connectivity index is 2.86. The molecular weight excluding hydrogens is 278 g/mol. The number of rotatable bonds is 3. The minimum absolute atomic E-state index is 0.240. The lowest BCUT2D eigenvalue weighted by Crippen LogP contribution is -2.28. The molecule has 1 aromatic rings. The Hall–Kier alpha value is -0.550. The number of thioether (sulfide) groups is 1. The zero-order valence-corrected chi connectivity index (χ0v) is 11.2. The molecule has 0 N–H and O–H groups in total. The third kappa shape index (κ3) is 3.21. The van der Waals surface area contributed by atoms with Crippen LogP contribution in [0.1, 0.15) is 13.8 Å². The summed E-state index contributed by atoms with van der Waals surface area (Å²) in [6.45, 7) is 3.66. The summed E-state index contributed by atoms with van der Waals surface area (Å²) in [5, 5.41) is 0. The van der Waals surface area contributed by atoms with Crippen molar-refractivity contribution in [2.45, 2.75) is 23.5 Å². The van der Waals surface area contributed by atoms with Crippen molar-refractivity contribution in [3.8, 4) is 0 Å². The van der Waals surface area contributed by atoms with Crippen molar-refractivity contribution in [1.29, 1.82) is 0 Å². The summed E-state index contributed by atoms with van der Waals surface area (Å²) >= 11 is 4.83. The van der Waals surface area contributed by atoms with E-state index in [0.717, 1.165) is 9.37 Å². The molecule has 5 heteroatoms. The first-order valence-electron chi connectivity index (χ1n) is 4.34. The highest BCUT2D eigenvalue weighted by Gasteiger charge is 2.30. The molecule has 0 bridgehead atoms. The summed E-state index contributed by atoms with van der Waals surface area (Å²) in [5.74, 6) is -0.240. The molecule has 0 saturated heterocycles. The van der Waals surface area contributed by atoms with Crippen LogP contribution in [-0.2, 0) is 9.53 Å². The largest absolute Gasteiger partial charge is 0.468 e. The minimum Gasteiger partial charge on any atom is -0.468 e. The van der Waals surface area contributed by atoms with Gasteiger partial charge in [0.25, 0.3) is 0 Å². The molecule has 1 rings (SSSR count). The van der Waals surface area contributed by atoms with E-state index in [4.69, 9.17) is 4.74 Å². The van der Waals surface area contributed by atoms with E-state index in [0.29, 0.717) is 0 Å². The fraction of sp³-hybridized carbons (Fsp3) is 0.400. The van der Waals surface area contributed by atoms with Crippen LogP contribution in [0, 0.1) is 0 Å². The fourth-order valence-electron chi connectivity index (χ4n) is 1.01. The molecule has 0 fully saturated rings. The van der Waals surface area contributed by atoms with Gasteiger partial charge in [0.15, 0.2) is 0 Å². The second-order valence-corrected chi connectivity index (χ2v) is 5.93. The van der Waals surface area contributed by atoms with E-state index in [2.05, 4.69) is 20.9 Å². The normalized spacial score (nSPS) is 11.2. The van der Waals surface area contributed by atoms with Gasteiger partial charge in [0.1, 0.15) is 4.75 Å². The van der Waals surface area contributed by atoms with Crippen molar-refractivity contribution in [3.05, 3.63) is 22.9 Å². The van der Waals surface area contributed by atoms with Gasteiger partial charge in [-0.2, -0.15) is 0 Å². The monoisotopic (exact) mass is 289 g/mol. The van der Waals surface area contributed by atoms with E-state index < -0.39 is 4.75 Å². The molecule has 0 spiro atoms. The van der Waals surface area contributed by atoms with Crippen LogP contribution >= 0.6 is 27.7 Å². The van der Waals surface area contributed by atoms with Gasteiger partial charge in [-0.3, -0.25) is 9.78 Å². The molecule has 0 atom stereocenters. The number of nitrogens with zero attached hydrogens (tertiary/aromatic N) is 1. The molecule has 0 saturated carbocycles. The molecule has 0 unspecified atom stereocenters. The van der Waals surface area contributed by atoms with Gasteiger partial charge in [0.2, 0.25) is 0 Å². The Kier molecular flexibility index (Phi) is 4.16. The number of carbonyl (C=O) groups is 1. The van der Waals surface area contributed by atoms with Crippen molar-refractivity contribution in [1.82, 2.24) is 4.98 Å². The number of carbonyl (C=O) groups excluding carboxylic acids is 1. The highest BCUT2D eigenvalue weighted by molar-refractivity contribution is 9.10. The SMILES string of the molecule is COC(=O)C(C)(C)Sc1ccncc1Br. The molecule has 0 aromatic carbocycles. The van der Waals surface area contributed by atoms with Gasteiger partial charge in [-0.15, -0.1) is 11.8 Å². The smallest absolute Gasteiger partial charge is 0.321 e. The number of methoxy groups -OCH3 is 1. The lowest BCUT2D eigenvalue weighted by molar-refractivity contribution is -0.142. The molecule has 0 radical (unpaired) electrons. The quantitative estimate of drug-likeness (QED) is 0.634. The first kappa shape index (κ1) is 12.5. The van der Waals surface area contributed by atoms with E-state index in [1.54, 1.807) is 12.4 Å². The number of halogens is 1. The molecule has 1 heterocycles. The van der Waals surface area contributed by atoms with E-state index in [1.165, 1.54) is 18.9 Å². The van der Waals surface area contributed by atoms with Gasteiger partial charge in [0.05, 0.1) is 7.11 Å². The number of aromatic nitrogens is 1. The molecule has 3 nitrogen and oxygen atoms in total. The van der Waals surface area contributed by atoms with E-state index in [-0.39, 0.29) is 5.97 Å². The minimum atomic E-state index is -0.599. The van der Waals surface area contributed by atoms with Crippen molar-refractivity contribution in [2.24, 2.45) is 0 Å². The van der Waals surface area contributed by atoms with E-state index in [1.807, 2.05) is 19.9 Å². The number of pyridine rings is 1. The third-order valence-electron chi connectivity index (χ3n) is 1.78. The van der Waals surface area contributed by atoms with Crippen molar-refractivity contribution < 1.29 is 9.53 Å². The van der Waals surface area contributed by atoms with Gasteiger partial charge in [-0.25, -0.2) is 0 Å². The fourth-order valence-corrected chi connectivity index (χ4v) is 2.50. The molecule has 0 aliphatic carbocycles. The molecule has 15 heavy (non-hydrogen) atoms. The summed E-state index contributed by atoms with van der Waals surface area (Å²) in [5.41, 5.74) is 0. The van der Waals surface area contributed by atoms with Crippen molar-refractivity contribution >= 4 is 33.7 Å². The number of hydrogen-bond donors (Lipinski definition) is 0. The van der Waals surface area contributed by atoms with Crippen molar-refractivity contribution in [2.75, 3.05) is 7.11 Å². The average Bonchev–Trinajstić information content (AvgIpc) is 2.20. The number of esters is 1. The first-order chi connectivity index (χ1) is 6.97. The van der Waals surface area contributed by atoms with Crippen LogP contribution < -0.4 is 0 Å². The van der Waals surface area contributed by atoms with Crippen molar-refractivity contribution in [3.63, 3.8) is 0 Å². The van der Waals surface area contributed by atoms with Gasteiger partial charge < -0.3 is 4.74 Å². The lowest BCUT2D eigenvalue weighted by atomic mass is 10.2. The molecular formula is C10H12BrNO2S. The predicted octanol–water partition coefficient (Wildman–Crippen LogP) is 2.89. The molecule has 0 aliphatic rings. The predicted molar refractivity (Wildman–Crippen MR) is 63.9 cm³/mol. The van der Waals surface area contributed by atoms with Crippen LogP contribution in [0.3, 0.4) is 0 Å². The topological polar surface area (TPSA) is 39.2 Å². The maximum absolute atomic E-state index is 11.5. The molecule has 1 aromatic heterocycles. The summed E-state index contributed by atoms with van der Waals surface area (Å²) in [4.78, 5) is 16.4.